The summed E-state index contributed by atoms with van der Waals surface area (Å²) in [5.41, 5.74) is 3.33. The molecule has 0 aliphatic heterocycles. The predicted octanol–water partition coefficient (Wildman–Crippen LogP) is 3.93. The molecule has 29 heavy (non-hydrogen) atoms. The van der Waals surface area contributed by atoms with Crippen LogP contribution in [0.3, 0.4) is 0 Å². The van der Waals surface area contributed by atoms with E-state index < -0.39 is 10.0 Å². The van der Waals surface area contributed by atoms with Crippen molar-refractivity contribution in [3.8, 4) is 0 Å². The molecule has 3 aromatic rings. The minimum absolute atomic E-state index is 0.0999. The lowest BCUT2D eigenvalue weighted by molar-refractivity contribution is 0.0987. The average molecular weight is 409 g/mol. The van der Waals surface area contributed by atoms with Crippen molar-refractivity contribution in [2.75, 3.05) is 18.0 Å². The van der Waals surface area contributed by atoms with Gasteiger partial charge < -0.3 is 4.90 Å². The number of aryl methyl sites for hydroxylation is 2. The number of benzene rings is 3. The zero-order valence-electron chi connectivity index (χ0n) is 16.5. The molecule has 0 bridgehead atoms. The number of hydrogen-bond donors (Lipinski definition) is 1. The second-order valence-electron chi connectivity index (χ2n) is 6.87. The van der Waals surface area contributed by atoms with Crippen LogP contribution in [0.5, 0.6) is 0 Å². The molecule has 0 heterocycles. The number of carbonyl (C=O) groups excluding carboxylic acids is 1. The van der Waals surface area contributed by atoms with E-state index in [0.717, 1.165) is 11.1 Å². The normalized spacial score (nSPS) is 11.2. The van der Waals surface area contributed by atoms with E-state index in [1.54, 1.807) is 41.3 Å². The van der Waals surface area contributed by atoms with Gasteiger partial charge in [0, 0.05) is 24.3 Å². The molecular formula is C23H24N2O3S. The summed E-state index contributed by atoms with van der Waals surface area (Å²) < 4.78 is 27.6. The Balaban J connectivity index is 1.76. The van der Waals surface area contributed by atoms with Gasteiger partial charge in [0.1, 0.15) is 0 Å². The molecule has 0 aliphatic rings. The van der Waals surface area contributed by atoms with Crippen LogP contribution in [0.15, 0.2) is 83.8 Å². The number of hydrogen-bond acceptors (Lipinski definition) is 3. The number of nitrogens with zero attached hydrogens (tertiary/aromatic N) is 1. The highest BCUT2D eigenvalue weighted by molar-refractivity contribution is 7.89. The Bertz CT molecular complexity index is 1060. The van der Waals surface area contributed by atoms with Crippen molar-refractivity contribution in [2.24, 2.45) is 0 Å². The molecular weight excluding hydrogens is 384 g/mol. The van der Waals surface area contributed by atoms with E-state index in [0.29, 0.717) is 11.3 Å². The van der Waals surface area contributed by atoms with E-state index in [9.17, 15) is 13.2 Å². The summed E-state index contributed by atoms with van der Waals surface area (Å²) in [6.45, 7) is 4.17. The summed E-state index contributed by atoms with van der Waals surface area (Å²) >= 11 is 0. The molecule has 150 valence electrons. The van der Waals surface area contributed by atoms with Gasteiger partial charge in [0.05, 0.1) is 4.90 Å². The Morgan fingerprint density at radius 2 is 1.38 bits per heavy atom. The fraction of sp³-hybridized carbons (Fsp3) is 0.174. The topological polar surface area (TPSA) is 66.5 Å². The SMILES string of the molecule is Cc1ccc(C(=O)N(CCNS(=O)(=O)c2ccc(C)cc2)c2ccccc2)cc1. The molecule has 1 N–H and O–H groups in total. The molecule has 0 aromatic heterocycles. The number of carbonyl (C=O) groups is 1. The van der Waals surface area contributed by atoms with Gasteiger partial charge in [0.2, 0.25) is 10.0 Å². The third-order valence-corrected chi connectivity index (χ3v) is 6.05. The molecule has 0 fully saturated rings. The second-order valence-corrected chi connectivity index (χ2v) is 8.64. The Morgan fingerprint density at radius 3 is 1.97 bits per heavy atom. The van der Waals surface area contributed by atoms with Crippen LogP contribution in [-0.4, -0.2) is 27.4 Å². The van der Waals surface area contributed by atoms with Gasteiger partial charge in [-0.3, -0.25) is 4.79 Å². The first-order valence-electron chi connectivity index (χ1n) is 9.37. The lowest BCUT2D eigenvalue weighted by Gasteiger charge is -2.23. The fourth-order valence-corrected chi connectivity index (χ4v) is 3.92. The van der Waals surface area contributed by atoms with Gasteiger partial charge in [-0.15, -0.1) is 0 Å². The maximum Gasteiger partial charge on any atom is 0.258 e. The first kappa shape index (κ1) is 20.8. The highest BCUT2D eigenvalue weighted by atomic mass is 32.2. The van der Waals surface area contributed by atoms with Crippen molar-refractivity contribution < 1.29 is 13.2 Å². The number of nitrogens with one attached hydrogen (secondary N) is 1. The minimum Gasteiger partial charge on any atom is -0.307 e. The Hall–Kier alpha value is -2.96. The number of anilines is 1. The third kappa shape index (κ3) is 5.31. The third-order valence-electron chi connectivity index (χ3n) is 4.57. The van der Waals surface area contributed by atoms with Gasteiger partial charge in [-0.25, -0.2) is 13.1 Å². The summed E-state index contributed by atoms with van der Waals surface area (Å²) in [6, 6.07) is 23.2. The van der Waals surface area contributed by atoms with E-state index in [4.69, 9.17) is 0 Å². The van der Waals surface area contributed by atoms with E-state index in [2.05, 4.69) is 4.72 Å². The van der Waals surface area contributed by atoms with Gasteiger partial charge in [-0.05, 0) is 50.2 Å². The van der Waals surface area contributed by atoms with Crippen LogP contribution in [0.25, 0.3) is 0 Å². The summed E-state index contributed by atoms with van der Waals surface area (Å²) in [7, 11) is -3.64. The standard InChI is InChI=1S/C23H24N2O3S/c1-18-8-12-20(13-9-18)23(26)25(21-6-4-3-5-7-21)17-16-24-29(27,28)22-14-10-19(2)11-15-22/h3-15,24H,16-17H2,1-2H3. The Morgan fingerprint density at radius 1 is 0.828 bits per heavy atom. The fourth-order valence-electron chi connectivity index (χ4n) is 2.90. The van der Waals surface area contributed by atoms with E-state index in [-0.39, 0.29) is 23.9 Å². The first-order chi connectivity index (χ1) is 13.9. The van der Waals surface area contributed by atoms with Crippen molar-refractivity contribution in [1.82, 2.24) is 4.72 Å². The molecule has 1 amide bonds. The zero-order valence-corrected chi connectivity index (χ0v) is 17.3. The molecule has 0 spiro atoms. The molecule has 3 aromatic carbocycles. The maximum atomic E-state index is 13.1. The van der Waals surface area contributed by atoms with Crippen molar-refractivity contribution in [1.29, 1.82) is 0 Å². The molecule has 6 heteroatoms. The van der Waals surface area contributed by atoms with Crippen LogP contribution in [0.1, 0.15) is 21.5 Å². The van der Waals surface area contributed by atoms with Crippen LogP contribution in [0.2, 0.25) is 0 Å². The van der Waals surface area contributed by atoms with Crippen LogP contribution in [-0.2, 0) is 10.0 Å². The summed E-state index contributed by atoms with van der Waals surface area (Å²) in [5.74, 6) is -0.175. The van der Waals surface area contributed by atoms with Crippen LogP contribution in [0, 0.1) is 13.8 Å². The number of amides is 1. The number of rotatable bonds is 7. The van der Waals surface area contributed by atoms with Crippen molar-refractivity contribution in [2.45, 2.75) is 18.7 Å². The molecule has 3 rings (SSSR count). The molecule has 0 saturated carbocycles. The number of para-hydroxylation sites is 1. The highest BCUT2D eigenvalue weighted by Crippen LogP contribution is 2.17. The van der Waals surface area contributed by atoms with E-state index >= 15 is 0 Å². The van der Waals surface area contributed by atoms with Crippen LogP contribution < -0.4 is 9.62 Å². The van der Waals surface area contributed by atoms with Gasteiger partial charge >= 0.3 is 0 Å². The molecule has 0 unspecified atom stereocenters. The Kier molecular flexibility index (Phi) is 6.46. The largest absolute Gasteiger partial charge is 0.307 e. The monoisotopic (exact) mass is 408 g/mol. The lowest BCUT2D eigenvalue weighted by atomic mass is 10.1. The van der Waals surface area contributed by atoms with Gasteiger partial charge in [-0.1, -0.05) is 53.6 Å². The van der Waals surface area contributed by atoms with Gasteiger partial charge in [0.25, 0.3) is 5.91 Å². The lowest BCUT2D eigenvalue weighted by Crippen LogP contribution is -2.38. The van der Waals surface area contributed by atoms with E-state index in [1.807, 2.05) is 56.3 Å². The second kappa shape index (κ2) is 9.03. The molecule has 5 nitrogen and oxygen atoms in total. The molecule has 0 aliphatic carbocycles. The maximum absolute atomic E-state index is 13.1. The van der Waals surface area contributed by atoms with Crippen molar-refractivity contribution in [3.05, 3.63) is 95.6 Å². The molecule has 0 atom stereocenters. The molecule has 0 saturated heterocycles. The van der Waals surface area contributed by atoms with E-state index in [1.165, 1.54) is 0 Å². The van der Waals surface area contributed by atoms with Gasteiger partial charge in [0.15, 0.2) is 0 Å². The van der Waals surface area contributed by atoms with Crippen LogP contribution >= 0.6 is 0 Å². The van der Waals surface area contributed by atoms with Crippen molar-refractivity contribution >= 4 is 21.6 Å². The van der Waals surface area contributed by atoms with Gasteiger partial charge in [-0.2, -0.15) is 0 Å². The average Bonchev–Trinajstić information content (AvgIpc) is 2.72. The minimum atomic E-state index is -3.64. The summed E-state index contributed by atoms with van der Waals surface area (Å²) in [6.07, 6.45) is 0. The van der Waals surface area contributed by atoms with Crippen molar-refractivity contribution in [3.63, 3.8) is 0 Å². The van der Waals surface area contributed by atoms with Crippen LogP contribution in [0.4, 0.5) is 5.69 Å². The predicted molar refractivity (Wildman–Crippen MR) is 116 cm³/mol. The highest BCUT2D eigenvalue weighted by Gasteiger charge is 2.19. The Labute approximate surface area is 172 Å². The molecule has 0 radical (unpaired) electrons. The number of sulfonamides is 1. The summed E-state index contributed by atoms with van der Waals surface area (Å²) in [5, 5.41) is 0. The zero-order chi connectivity index (χ0) is 20.9. The quantitative estimate of drug-likeness (QED) is 0.644. The first-order valence-corrected chi connectivity index (χ1v) is 10.8. The smallest absolute Gasteiger partial charge is 0.258 e. The summed E-state index contributed by atoms with van der Waals surface area (Å²) in [4.78, 5) is 14.9.